The van der Waals surface area contributed by atoms with E-state index in [0.717, 1.165) is 42.2 Å². The van der Waals surface area contributed by atoms with E-state index in [9.17, 15) is 4.79 Å². The molecule has 0 unspecified atom stereocenters. The third kappa shape index (κ3) is 4.19. The maximum absolute atomic E-state index is 10.8. The van der Waals surface area contributed by atoms with E-state index < -0.39 is 5.97 Å². The number of halogens is 1. The van der Waals surface area contributed by atoms with E-state index in [-0.39, 0.29) is 18.4 Å². The largest absolute Gasteiger partial charge is 0.493 e. The Morgan fingerprint density at radius 1 is 1.35 bits per heavy atom. The number of fused-ring (bicyclic) bond motifs is 3. The van der Waals surface area contributed by atoms with Crippen molar-refractivity contribution in [3.63, 3.8) is 0 Å². The highest BCUT2D eigenvalue weighted by molar-refractivity contribution is 6.30. The molecule has 0 radical (unpaired) electrons. The summed E-state index contributed by atoms with van der Waals surface area (Å²) >= 11 is 5.73. The van der Waals surface area contributed by atoms with Crippen LogP contribution in [0.15, 0.2) is 36.4 Å². The van der Waals surface area contributed by atoms with E-state index in [1.165, 1.54) is 16.7 Å². The van der Waals surface area contributed by atoms with Crippen molar-refractivity contribution in [2.75, 3.05) is 6.61 Å². The fraction of sp³-hybridized carbons (Fsp3) is 0.381. The second-order valence-corrected chi connectivity index (χ2v) is 7.33. The zero-order valence-corrected chi connectivity index (χ0v) is 15.6. The summed E-state index contributed by atoms with van der Waals surface area (Å²) in [7, 11) is 0. The van der Waals surface area contributed by atoms with Crippen LogP contribution in [0, 0.1) is 0 Å². The van der Waals surface area contributed by atoms with Crippen LogP contribution in [-0.2, 0) is 17.6 Å². The smallest absolute Gasteiger partial charge is 0.303 e. The number of hydrogen-bond acceptors (Lipinski definition) is 3. The summed E-state index contributed by atoms with van der Waals surface area (Å²) in [6.45, 7) is 2.68. The molecule has 1 heterocycles. The number of aliphatic carboxylic acids is 1. The van der Waals surface area contributed by atoms with E-state index in [0.29, 0.717) is 0 Å². The van der Waals surface area contributed by atoms with Crippen LogP contribution in [0.5, 0.6) is 5.75 Å². The molecule has 4 nitrogen and oxygen atoms in total. The van der Waals surface area contributed by atoms with Gasteiger partial charge in [0.2, 0.25) is 0 Å². The Balaban J connectivity index is 0.000000170. The van der Waals surface area contributed by atoms with Gasteiger partial charge in [-0.15, -0.1) is 0 Å². The average molecular weight is 374 g/mol. The van der Waals surface area contributed by atoms with Gasteiger partial charge in [-0.2, -0.15) is 0 Å². The SMILES string of the molecule is C[C@@H](N)c1cccc(Cl)c1.O=C(O)C[C@H]1CCc2ccc3c(c21)CCO3. The molecule has 0 aromatic heterocycles. The normalized spacial score (nSPS) is 18.2. The van der Waals surface area contributed by atoms with Gasteiger partial charge in [-0.1, -0.05) is 29.8 Å². The van der Waals surface area contributed by atoms with Crippen molar-refractivity contribution in [3.05, 3.63) is 63.7 Å². The summed E-state index contributed by atoms with van der Waals surface area (Å²) in [5.74, 6) is 0.467. The fourth-order valence-corrected chi connectivity index (χ4v) is 3.95. The Labute approximate surface area is 158 Å². The molecule has 5 heteroatoms. The Morgan fingerprint density at radius 3 is 2.81 bits per heavy atom. The number of rotatable bonds is 3. The molecule has 2 aromatic carbocycles. The van der Waals surface area contributed by atoms with Gasteiger partial charge in [0.05, 0.1) is 13.0 Å². The summed E-state index contributed by atoms with van der Waals surface area (Å²) in [5, 5.41) is 9.66. The van der Waals surface area contributed by atoms with Crippen LogP contribution in [0.4, 0.5) is 0 Å². The maximum Gasteiger partial charge on any atom is 0.303 e. The average Bonchev–Trinajstić information content (AvgIpc) is 3.21. The molecule has 3 N–H and O–H groups in total. The van der Waals surface area contributed by atoms with E-state index in [1.807, 2.05) is 37.3 Å². The van der Waals surface area contributed by atoms with Gasteiger partial charge in [-0.25, -0.2) is 0 Å². The molecule has 0 fully saturated rings. The number of hydrogen-bond donors (Lipinski definition) is 2. The van der Waals surface area contributed by atoms with Gasteiger partial charge < -0.3 is 15.6 Å². The zero-order chi connectivity index (χ0) is 18.7. The highest BCUT2D eigenvalue weighted by atomic mass is 35.5. The van der Waals surface area contributed by atoms with Crippen molar-refractivity contribution >= 4 is 17.6 Å². The molecular weight excluding hydrogens is 350 g/mol. The standard InChI is InChI=1S/C13H14O3.C8H10ClN/c14-12(15)7-9-2-1-8-3-4-11-10(13(8)9)5-6-16-11;1-6(10)7-3-2-4-8(9)5-7/h3-4,9H,1-2,5-7H2,(H,14,15);2-6H,10H2,1H3/t9-;6-/m11/s1. The summed E-state index contributed by atoms with van der Waals surface area (Å²) < 4.78 is 5.53. The molecule has 0 saturated carbocycles. The molecule has 26 heavy (non-hydrogen) atoms. The van der Waals surface area contributed by atoms with Crippen LogP contribution in [0.1, 0.15) is 54.0 Å². The van der Waals surface area contributed by atoms with Crippen molar-refractivity contribution in [3.8, 4) is 5.75 Å². The third-order valence-corrected chi connectivity index (χ3v) is 5.21. The lowest BCUT2D eigenvalue weighted by Crippen LogP contribution is -2.05. The lowest BCUT2D eigenvalue weighted by Gasteiger charge is -2.12. The Hall–Kier alpha value is -2.04. The molecule has 2 aliphatic rings. The van der Waals surface area contributed by atoms with Gasteiger partial charge in [0.15, 0.2) is 0 Å². The number of nitrogens with two attached hydrogens (primary N) is 1. The third-order valence-electron chi connectivity index (χ3n) is 4.98. The molecule has 138 valence electrons. The van der Waals surface area contributed by atoms with E-state index in [4.69, 9.17) is 27.2 Å². The topological polar surface area (TPSA) is 72.6 Å². The summed E-state index contributed by atoms with van der Waals surface area (Å²) in [6, 6.07) is 11.8. The highest BCUT2D eigenvalue weighted by Crippen LogP contribution is 2.43. The molecule has 2 atom stereocenters. The monoisotopic (exact) mass is 373 g/mol. The first kappa shape index (κ1) is 18.7. The number of carboxylic acid groups (broad SMARTS) is 1. The quantitative estimate of drug-likeness (QED) is 0.831. The van der Waals surface area contributed by atoms with Gasteiger partial charge >= 0.3 is 5.97 Å². The Kier molecular flexibility index (Phi) is 5.84. The summed E-state index contributed by atoms with van der Waals surface area (Å²) in [4.78, 5) is 10.8. The van der Waals surface area contributed by atoms with Crippen LogP contribution in [0.2, 0.25) is 5.02 Å². The zero-order valence-electron chi connectivity index (χ0n) is 14.9. The Morgan fingerprint density at radius 2 is 2.15 bits per heavy atom. The molecule has 0 amide bonds. The fourth-order valence-electron chi connectivity index (χ4n) is 3.75. The minimum absolute atomic E-state index is 0.0682. The van der Waals surface area contributed by atoms with Crippen molar-refractivity contribution in [1.82, 2.24) is 0 Å². The predicted molar refractivity (Wildman–Crippen MR) is 103 cm³/mol. The second kappa shape index (κ2) is 8.11. The van der Waals surface area contributed by atoms with Crippen molar-refractivity contribution in [2.45, 2.75) is 44.6 Å². The summed E-state index contributed by atoms with van der Waals surface area (Å²) in [6.07, 6.45) is 3.18. The van der Waals surface area contributed by atoms with Gasteiger partial charge in [-0.3, -0.25) is 4.79 Å². The second-order valence-electron chi connectivity index (χ2n) is 6.89. The van der Waals surface area contributed by atoms with Gasteiger partial charge in [0.1, 0.15) is 5.75 Å². The lowest BCUT2D eigenvalue weighted by molar-refractivity contribution is -0.137. The maximum atomic E-state index is 10.8. The predicted octanol–water partition coefficient (Wildman–Crippen LogP) is 4.49. The van der Waals surface area contributed by atoms with Crippen molar-refractivity contribution < 1.29 is 14.6 Å². The number of ether oxygens (including phenoxy) is 1. The highest BCUT2D eigenvalue weighted by Gasteiger charge is 2.30. The van der Waals surface area contributed by atoms with Crippen LogP contribution < -0.4 is 10.5 Å². The summed E-state index contributed by atoms with van der Waals surface area (Å²) in [5.41, 5.74) is 10.6. The van der Waals surface area contributed by atoms with Crippen LogP contribution >= 0.6 is 11.6 Å². The number of aryl methyl sites for hydroxylation is 1. The van der Waals surface area contributed by atoms with Gasteiger partial charge in [0, 0.05) is 23.0 Å². The van der Waals surface area contributed by atoms with E-state index in [2.05, 4.69) is 6.07 Å². The molecule has 2 aromatic rings. The number of benzene rings is 2. The molecule has 1 aliphatic carbocycles. The minimum Gasteiger partial charge on any atom is -0.493 e. The van der Waals surface area contributed by atoms with Crippen LogP contribution in [-0.4, -0.2) is 17.7 Å². The number of carbonyl (C=O) groups is 1. The van der Waals surface area contributed by atoms with Gasteiger partial charge in [0.25, 0.3) is 0 Å². The van der Waals surface area contributed by atoms with E-state index in [1.54, 1.807) is 0 Å². The molecule has 4 rings (SSSR count). The molecule has 0 spiro atoms. The first-order chi connectivity index (χ1) is 12.5. The van der Waals surface area contributed by atoms with Crippen molar-refractivity contribution in [2.24, 2.45) is 5.73 Å². The molecule has 0 bridgehead atoms. The molecule has 0 saturated heterocycles. The first-order valence-corrected chi connectivity index (χ1v) is 9.33. The van der Waals surface area contributed by atoms with Crippen molar-refractivity contribution in [1.29, 1.82) is 0 Å². The lowest BCUT2D eigenvalue weighted by atomic mass is 9.92. The van der Waals surface area contributed by atoms with Crippen LogP contribution in [0.25, 0.3) is 0 Å². The van der Waals surface area contributed by atoms with Crippen LogP contribution in [0.3, 0.4) is 0 Å². The molecular formula is C21H24ClNO3. The number of carboxylic acids is 1. The van der Waals surface area contributed by atoms with Gasteiger partial charge in [-0.05, 0) is 60.6 Å². The Bertz CT molecular complexity index is 804. The van der Waals surface area contributed by atoms with E-state index >= 15 is 0 Å². The molecule has 1 aliphatic heterocycles. The minimum atomic E-state index is -0.700. The first-order valence-electron chi connectivity index (χ1n) is 8.96.